The molecule has 4 heterocycles. The molecule has 4 aliphatic rings. The number of aliphatic hydroxyl groups excluding tert-OH is 19. The standard InChI is InChI=1S/C33H72N4O20.C17H28O8.C4H11NO3/c38-9-30(10-39,11-40)34-1-25(50)5-54-21-29(22-55-6-26(51)2-35-31(12-41,13-42)14-43,23-56-7-27(52)3-36-32(15-44,16-45)17-46)24-57-8-28(53)4-37-33(18-47,19-48)20-49;1(13-5-22-13)18-9-17(10-19-2-14-6-23-14,11-20-3-15-7-24-15)12-21-4-16-8-25-16;5-4(1-6,2-7)3-8/h25-28,34-53H,1-24H2;13-16H,1-12H2;6-8H,1-3,5H2. The second-order valence-corrected chi connectivity index (χ2v) is 23.9. The lowest BCUT2D eigenvalue weighted by Crippen LogP contribution is -2.57. The molecule has 36 nitrogen and oxygen atoms in total. The van der Waals surface area contributed by atoms with Gasteiger partial charge in [-0.3, -0.25) is 0 Å². The van der Waals surface area contributed by atoms with Gasteiger partial charge in [0.1, 0.15) is 24.4 Å². The summed E-state index contributed by atoms with van der Waals surface area (Å²) >= 11 is 0. The number of ether oxygens (including phenoxy) is 12. The van der Waals surface area contributed by atoms with Crippen LogP contribution in [0.4, 0.5) is 0 Å². The van der Waals surface area contributed by atoms with Crippen LogP contribution in [0.1, 0.15) is 0 Å². The molecule has 0 aromatic carbocycles. The first-order chi connectivity index (χ1) is 43.1. The number of hydrogen-bond acceptors (Lipinski definition) is 36. The molecule has 0 aliphatic carbocycles. The molecule has 0 spiro atoms. The Balaban J connectivity index is 0.000000671. The Bertz CT molecular complexity index is 1460. The van der Waals surface area contributed by atoms with Gasteiger partial charge in [0.15, 0.2) is 0 Å². The van der Waals surface area contributed by atoms with Gasteiger partial charge in [-0.15, -0.1) is 0 Å². The Morgan fingerprint density at radius 2 is 0.467 bits per heavy atom. The van der Waals surface area contributed by atoms with Gasteiger partial charge in [0.25, 0.3) is 0 Å². The molecule has 8 atom stereocenters. The molecule has 0 saturated carbocycles. The Labute approximate surface area is 524 Å². The summed E-state index contributed by atoms with van der Waals surface area (Å²) in [6.45, 7) is -4.94. The summed E-state index contributed by atoms with van der Waals surface area (Å²) in [6, 6.07) is 0. The highest BCUT2D eigenvalue weighted by Gasteiger charge is 2.39. The van der Waals surface area contributed by atoms with Gasteiger partial charge in [-0.25, -0.2) is 0 Å². The number of hydrogen-bond donors (Lipinski definition) is 24. The number of nitrogens with two attached hydrogens (primary N) is 1. The Hall–Kier alpha value is -1.44. The van der Waals surface area contributed by atoms with Crippen LogP contribution in [0.3, 0.4) is 0 Å². The maximum absolute atomic E-state index is 10.6. The molecule has 4 rings (SSSR count). The smallest absolute Gasteiger partial charge is 0.104 e. The molecule has 0 aromatic rings. The van der Waals surface area contributed by atoms with Crippen molar-refractivity contribution in [2.75, 3.05) is 257 Å². The quantitative estimate of drug-likeness (QED) is 0.0251. The largest absolute Gasteiger partial charge is 0.394 e. The summed E-state index contributed by atoms with van der Waals surface area (Å²) in [6.07, 6.45) is -4.05. The van der Waals surface area contributed by atoms with Crippen molar-refractivity contribution < 1.29 is 154 Å². The first kappa shape index (κ1) is 84.6. The van der Waals surface area contributed by atoms with Gasteiger partial charge in [0, 0.05) is 26.2 Å². The van der Waals surface area contributed by atoms with E-state index in [9.17, 15) is 81.7 Å². The van der Waals surface area contributed by atoms with Crippen molar-refractivity contribution in [1.29, 1.82) is 0 Å². The molecule has 538 valence electrons. The van der Waals surface area contributed by atoms with E-state index in [1.165, 1.54) is 0 Å². The fourth-order valence-corrected chi connectivity index (χ4v) is 7.42. The van der Waals surface area contributed by atoms with Crippen molar-refractivity contribution in [2.24, 2.45) is 16.6 Å². The van der Waals surface area contributed by atoms with Gasteiger partial charge >= 0.3 is 0 Å². The molecule has 4 aliphatic heterocycles. The molecule has 8 unspecified atom stereocenters. The van der Waals surface area contributed by atoms with Crippen molar-refractivity contribution in [3.8, 4) is 0 Å². The van der Waals surface area contributed by atoms with E-state index in [0.717, 1.165) is 26.4 Å². The molecular weight excluding hydrogens is 1210 g/mol. The zero-order chi connectivity index (χ0) is 67.0. The molecule has 0 bridgehead atoms. The number of epoxide rings is 4. The lowest BCUT2D eigenvalue weighted by atomic mass is 9.92. The molecule has 90 heavy (non-hydrogen) atoms. The van der Waals surface area contributed by atoms with E-state index in [4.69, 9.17) is 77.9 Å². The third-order valence-corrected chi connectivity index (χ3v) is 14.8. The normalized spacial score (nSPS) is 21.1. The van der Waals surface area contributed by atoms with E-state index >= 15 is 0 Å². The Morgan fingerprint density at radius 3 is 0.600 bits per heavy atom. The lowest BCUT2D eigenvalue weighted by Gasteiger charge is -2.35. The average Bonchev–Trinajstić information content (AvgIpc) is 4.06. The van der Waals surface area contributed by atoms with Crippen molar-refractivity contribution in [3.05, 3.63) is 0 Å². The van der Waals surface area contributed by atoms with E-state index in [0.29, 0.717) is 52.9 Å². The highest BCUT2D eigenvalue weighted by atomic mass is 16.6. The van der Waals surface area contributed by atoms with Crippen LogP contribution in [-0.2, 0) is 56.8 Å². The first-order valence-corrected chi connectivity index (χ1v) is 29.9. The SMILES string of the molecule is C(OCC(COCC1CO1)(COCC1CO1)COCC1CO1)C1CO1.NC(CO)(CO)CO.OCC(CO)(CO)NCC(O)COCC(COCC(O)CNC(CO)(CO)CO)(COCC(O)CNC(CO)(CO)CO)COCC(O)CNC(CO)(CO)CO. The fraction of sp³-hybridized carbons (Fsp3) is 1.00. The molecule has 4 saturated heterocycles. The second-order valence-electron chi connectivity index (χ2n) is 23.9. The van der Waals surface area contributed by atoms with Crippen LogP contribution < -0.4 is 27.0 Å². The highest BCUT2D eigenvalue weighted by molar-refractivity contribution is 4.91. The van der Waals surface area contributed by atoms with Crippen LogP contribution >= 0.6 is 0 Å². The minimum absolute atomic E-state index is 0.235. The van der Waals surface area contributed by atoms with Gasteiger partial charge in [0.2, 0.25) is 0 Å². The summed E-state index contributed by atoms with van der Waals surface area (Å²) in [5.41, 5.74) is -3.69. The molecule has 0 amide bonds. The van der Waals surface area contributed by atoms with Crippen LogP contribution in [0.5, 0.6) is 0 Å². The molecule has 4 fully saturated rings. The second kappa shape index (κ2) is 45.9. The van der Waals surface area contributed by atoms with E-state index < -0.39 is 157 Å². The molecule has 25 N–H and O–H groups in total. The molecule has 0 radical (unpaired) electrons. The van der Waals surface area contributed by atoms with Crippen LogP contribution in [0.25, 0.3) is 0 Å². The summed E-state index contributed by atoms with van der Waals surface area (Å²) in [7, 11) is 0. The maximum Gasteiger partial charge on any atom is 0.104 e. The summed E-state index contributed by atoms with van der Waals surface area (Å²) < 4.78 is 67.7. The van der Waals surface area contributed by atoms with Crippen LogP contribution in [0.2, 0.25) is 0 Å². The van der Waals surface area contributed by atoms with Gasteiger partial charge < -0.3 is 181 Å². The van der Waals surface area contributed by atoms with Crippen LogP contribution in [-0.4, -0.2) is 431 Å². The minimum atomic E-state index is -1.48. The highest BCUT2D eigenvalue weighted by Crippen LogP contribution is 2.26. The predicted molar refractivity (Wildman–Crippen MR) is 311 cm³/mol. The summed E-state index contributed by atoms with van der Waals surface area (Å²) in [5.74, 6) is 0. The van der Waals surface area contributed by atoms with E-state index in [1.54, 1.807) is 0 Å². The van der Waals surface area contributed by atoms with Gasteiger partial charge in [-0.1, -0.05) is 0 Å². The van der Waals surface area contributed by atoms with Crippen LogP contribution in [0, 0.1) is 10.8 Å². The Morgan fingerprint density at radius 1 is 0.300 bits per heavy atom. The minimum Gasteiger partial charge on any atom is -0.394 e. The topological polar surface area (TPSA) is 582 Å². The summed E-state index contributed by atoms with van der Waals surface area (Å²) in [5, 5.41) is 193. The monoisotopic (exact) mass is 1330 g/mol. The summed E-state index contributed by atoms with van der Waals surface area (Å²) in [4.78, 5) is 0. The third-order valence-electron chi connectivity index (χ3n) is 14.8. The molecule has 36 heteroatoms. The Kier molecular flexibility index (Phi) is 43.2. The molecule has 0 aromatic heterocycles. The van der Waals surface area contributed by atoms with E-state index in [2.05, 4.69) is 21.3 Å². The van der Waals surface area contributed by atoms with Crippen molar-refractivity contribution in [2.45, 2.75) is 76.5 Å². The van der Waals surface area contributed by atoms with E-state index in [1.807, 2.05) is 0 Å². The van der Waals surface area contributed by atoms with Crippen LogP contribution in [0.15, 0.2) is 0 Å². The molecular formula is C54H111N5O31. The maximum atomic E-state index is 10.6. The van der Waals surface area contributed by atoms with Gasteiger partial charge in [-0.05, 0) is 0 Å². The first-order valence-electron chi connectivity index (χ1n) is 29.9. The number of nitrogens with one attached hydrogen (secondary N) is 4. The van der Waals surface area contributed by atoms with Gasteiger partial charge in [-0.2, -0.15) is 0 Å². The van der Waals surface area contributed by atoms with Crippen molar-refractivity contribution in [3.63, 3.8) is 0 Å². The number of aliphatic hydroxyl groups is 19. The number of rotatable bonds is 59. The van der Waals surface area contributed by atoms with Crippen molar-refractivity contribution in [1.82, 2.24) is 21.3 Å². The number of β-amino-alcohol motifs (C(OH)–C–C–N with tert-alkyl or cyclic N) is 4. The lowest BCUT2D eigenvalue weighted by molar-refractivity contribution is -0.132. The van der Waals surface area contributed by atoms with Gasteiger partial charge in [0.05, 0.1) is 294 Å². The zero-order valence-electron chi connectivity index (χ0n) is 51.7. The average molecular weight is 1330 g/mol. The fourth-order valence-electron chi connectivity index (χ4n) is 7.42. The predicted octanol–water partition coefficient (Wildman–Crippen LogP) is -14.0. The van der Waals surface area contributed by atoms with Crippen molar-refractivity contribution >= 4 is 0 Å². The zero-order valence-corrected chi connectivity index (χ0v) is 51.7. The third kappa shape index (κ3) is 34.5. The van der Waals surface area contributed by atoms with E-state index in [-0.39, 0.29) is 109 Å².